The molecule has 0 amide bonds. The molecule has 10 aromatic heterocycles. The van der Waals surface area contributed by atoms with Gasteiger partial charge < -0.3 is 0 Å². The molecule has 716 valence electrons. The van der Waals surface area contributed by atoms with E-state index in [2.05, 4.69) is 422 Å². The molecule has 0 radical (unpaired) electrons. The summed E-state index contributed by atoms with van der Waals surface area (Å²) in [5.74, 6) is 0. The minimum absolute atomic E-state index is 0.0759. The fourth-order valence-corrected chi connectivity index (χ4v) is 18.6. The van der Waals surface area contributed by atoms with Gasteiger partial charge in [-0.3, -0.25) is 49.8 Å². The van der Waals surface area contributed by atoms with Gasteiger partial charge in [-0.2, -0.15) is 0 Å². The van der Waals surface area contributed by atoms with Gasteiger partial charge in [-0.05, 0) is 354 Å². The zero-order chi connectivity index (χ0) is 101. The minimum Gasteiger partial charge on any atom is -0.256 e. The highest BCUT2D eigenvalue weighted by Crippen LogP contribution is 2.37. The SMILES string of the molecule is CCc1ccc(Cc2cccc(-c3ncccc3C)c2)cc1-c1ccccn1.Cc1cc(Cc2cc(C)cc(-c3ccccn3)c2)cc(-c2ccccn2)c1.Cc1cccnc1-c1cccc(Cc2cc(-c3ccccn3)cc(C(C)(C)C)c2)c1.c1ccc(-c2ccc(-c3cccc(Cc4cc(-c5ccccc5)cc(-c5ccccn5)c4)c3)nc2)cc1.c1ccc(-c2cccc(Cc3cccc(-c4ccccn4)c3)c2)nc1. The average molecular weight is 1900 g/mol. The van der Waals surface area contributed by atoms with Crippen molar-refractivity contribution in [1.82, 2.24) is 49.8 Å². The number of hydrogen-bond acceptors (Lipinski definition) is 10. The van der Waals surface area contributed by atoms with Crippen LogP contribution in [0.3, 0.4) is 0 Å². The van der Waals surface area contributed by atoms with Crippen LogP contribution < -0.4 is 0 Å². The average Bonchev–Trinajstić information content (AvgIpc) is 0.826. The normalized spacial score (nSPS) is 10.9. The maximum absolute atomic E-state index is 4.77. The first-order valence-corrected chi connectivity index (χ1v) is 50.4. The summed E-state index contributed by atoms with van der Waals surface area (Å²) in [7, 11) is 0. The van der Waals surface area contributed by atoms with Crippen LogP contribution in [0.2, 0.25) is 0 Å². The highest BCUT2D eigenvalue weighted by Gasteiger charge is 2.20. The molecule has 12 aromatic carbocycles. The van der Waals surface area contributed by atoms with Gasteiger partial charge in [-0.25, -0.2) is 0 Å². The zero-order valence-corrected chi connectivity index (χ0v) is 84.6. The Morgan fingerprint density at radius 1 is 0.184 bits per heavy atom. The van der Waals surface area contributed by atoms with Crippen LogP contribution in [-0.4, -0.2) is 49.8 Å². The van der Waals surface area contributed by atoms with Crippen LogP contribution in [-0.2, 0) is 43.9 Å². The van der Waals surface area contributed by atoms with E-state index in [9.17, 15) is 0 Å². The summed E-state index contributed by atoms with van der Waals surface area (Å²) in [6, 6.07) is 153. The molecule has 22 rings (SSSR count). The summed E-state index contributed by atoms with van der Waals surface area (Å²) in [6.45, 7) is 17.5. The van der Waals surface area contributed by atoms with Crippen LogP contribution in [0.5, 0.6) is 0 Å². The van der Waals surface area contributed by atoms with E-state index in [-0.39, 0.29) is 5.41 Å². The molecule has 0 atom stereocenters. The standard InChI is InChI=1S/C35H26N2.C28H28N2.C26H24N2.C25H22N2.C23H18N2/c1-3-11-28(12-4-1)31-17-18-35(37-25-31)30-15-9-10-26(21-30)20-27-22-32(29-13-5-2-6-14-29)24-33(23-27)34-16-7-8-19-36-34;1-20-9-8-14-30-27(20)23-11-7-10-21(16-23)15-22-17-24(26-12-5-6-13-29-26)19-25(18-22)28(2,3)4;1-3-22-13-12-21(18-24(22)25-11-4-5-14-27-25)16-20-9-6-10-23(17-20)26-19(2)8-7-15-28-26;1-18-11-20(16-22(13-18)24-7-3-5-9-26-24)15-21-12-19(2)14-23(17-21)25-8-4-6-10-27-25;1-3-13-24-22(11-1)20-9-5-7-18(16-20)15-19-8-6-10-21(17-19)23-12-2-4-14-25-23/h1-19,21-25H,20H2;5-14,16-19H,15H2,1-4H3;4-15,17-18H,3,16H2,1-2H3;3-14,16-17H,15H2,1-2H3;1-14,16-17H,15H2. The van der Waals surface area contributed by atoms with Crippen molar-refractivity contribution in [3.63, 3.8) is 0 Å². The van der Waals surface area contributed by atoms with E-state index in [1.165, 1.54) is 139 Å². The van der Waals surface area contributed by atoms with Crippen LogP contribution in [0.15, 0.2) is 499 Å². The zero-order valence-electron chi connectivity index (χ0n) is 84.6. The van der Waals surface area contributed by atoms with Crippen molar-refractivity contribution < 1.29 is 0 Å². The predicted octanol–water partition coefficient (Wildman–Crippen LogP) is 33.4. The van der Waals surface area contributed by atoms with E-state index >= 15 is 0 Å². The van der Waals surface area contributed by atoms with E-state index in [1.54, 1.807) is 0 Å². The van der Waals surface area contributed by atoms with E-state index in [1.807, 2.05) is 177 Å². The Balaban J connectivity index is 0.000000121. The molecule has 0 saturated heterocycles. The summed E-state index contributed by atoms with van der Waals surface area (Å²) in [5.41, 5.74) is 47.0. The first-order chi connectivity index (χ1) is 72.0. The van der Waals surface area contributed by atoms with Gasteiger partial charge in [0.2, 0.25) is 0 Å². The largest absolute Gasteiger partial charge is 0.256 e. The van der Waals surface area contributed by atoms with Crippen molar-refractivity contribution in [3.05, 3.63) is 588 Å². The molecule has 10 heteroatoms. The molecule has 0 aliphatic rings. The van der Waals surface area contributed by atoms with Crippen molar-refractivity contribution in [2.45, 2.75) is 99.3 Å². The van der Waals surface area contributed by atoms with Crippen molar-refractivity contribution >= 4 is 0 Å². The van der Waals surface area contributed by atoms with Gasteiger partial charge >= 0.3 is 0 Å². The summed E-state index contributed by atoms with van der Waals surface area (Å²) >= 11 is 0. The molecule has 0 spiro atoms. The molecule has 0 bridgehead atoms. The van der Waals surface area contributed by atoms with Crippen LogP contribution in [0.1, 0.15) is 117 Å². The third-order valence-electron chi connectivity index (χ3n) is 25.9. The van der Waals surface area contributed by atoms with Crippen LogP contribution in [0.4, 0.5) is 0 Å². The Morgan fingerprint density at radius 2 is 0.483 bits per heavy atom. The van der Waals surface area contributed by atoms with Gasteiger partial charge in [0.25, 0.3) is 0 Å². The van der Waals surface area contributed by atoms with Gasteiger partial charge in [-0.1, -0.05) is 288 Å². The Morgan fingerprint density at radius 3 is 0.857 bits per heavy atom. The molecule has 0 unspecified atom stereocenters. The van der Waals surface area contributed by atoms with Gasteiger partial charge in [0.05, 0.1) is 56.9 Å². The molecular weight excluding hydrogens is 1790 g/mol. The van der Waals surface area contributed by atoms with Crippen molar-refractivity contribution in [1.29, 1.82) is 0 Å². The van der Waals surface area contributed by atoms with E-state index in [0.29, 0.717) is 0 Å². The first kappa shape index (κ1) is 99.3. The second-order valence-electron chi connectivity index (χ2n) is 38.2. The van der Waals surface area contributed by atoms with Gasteiger partial charge in [0, 0.05) is 123 Å². The lowest BCUT2D eigenvalue weighted by Gasteiger charge is -2.21. The molecule has 10 nitrogen and oxygen atoms in total. The summed E-state index contributed by atoms with van der Waals surface area (Å²) in [6.07, 6.45) is 24.0. The lowest BCUT2D eigenvalue weighted by molar-refractivity contribution is 0.589. The van der Waals surface area contributed by atoms with Gasteiger partial charge in [0.15, 0.2) is 0 Å². The van der Waals surface area contributed by atoms with Gasteiger partial charge in [0.1, 0.15) is 0 Å². The molecule has 147 heavy (non-hydrogen) atoms. The molecule has 0 aliphatic heterocycles. The Labute approximate surface area is 865 Å². The predicted molar refractivity (Wildman–Crippen MR) is 609 cm³/mol. The highest BCUT2D eigenvalue weighted by atomic mass is 14.7. The number of aryl methyl sites for hydroxylation is 5. The first-order valence-electron chi connectivity index (χ1n) is 50.4. The lowest BCUT2D eigenvalue weighted by atomic mass is 9.84. The number of pyridine rings is 10. The topological polar surface area (TPSA) is 129 Å². The van der Waals surface area contributed by atoms with Gasteiger partial charge in [-0.15, -0.1) is 0 Å². The van der Waals surface area contributed by atoms with Crippen LogP contribution in [0.25, 0.3) is 135 Å². The summed E-state index contributed by atoms with van der Waals surface area (Å²) in [5, 5.41) is 0. The Kier molecular flexibility index (Phi) is 32.9. The quantitative estimate of drug-likeness (QED) is 0.0610. The van der Waals surface area contributed by atoms with Crippen LogP contribution >= 0.6 is 0 Å². The number of aromatic nitrogens is 10. The minimum atomic E-state index is 0.0759. The molecule has 0 saturated carbocycles. The number of nitrogens with zero attached hydrogens (tertiary/aromatic N) is 10. The van der Waals surface area contributed by atoms with Crippen molar-refractivity contribution in [2.24, 2.45) is 0 Å². The molecule has 22 aromatic rings. The number of hydrogen-bond donors (Lipinski definition) is 0. The van der Waals surface area contributed by atoms with E-state index in [4.69, 9.17) is 4.98 Å². The molecule has 0 fully saturated rings. The third-order valence-corrected chi connectivity index (χ3v) is 25.9. The molecule has 0 aliphatic carbocycles. The third kappa shape index (κ3) is 27.3. The number of benzene rings is 12. The second kappa shape index (κ2) is 48.7. The second-order valence-corrected chi connectivity index (χ2v) is 38.2. The van der Waals surface area contributed by atoms with Crippen molar-refractivity contribution in [3.8, 4) is 135 Å². The highest BCUT2D eigenvalue weighted by molar-refractivity contribution is 5.76. The monoisotopic (exact) mass is 1900 g/mol. The molecule has 0 N–H and O–H groups in total. The summed E-state index contributed by atoms with van der Waals surface area (Å²) < 4.78 is 0. The molecule has 10 heterocycles. The van der Waals surface area contributed by atoms with E-state index in [0.717, 1.165) is 123 Å². The Hall–Kier alpha value is -17.9. The Bertz CT molecular complexity index is 7840. The fourth-order valence-electron chi connectivity index (χ4n) is 18.6. The maximum Gasteiger partial charge on any atom is 0.0731 e. The summed E-state index contributed by atoms with van der Waals surface area (Å²) in [4.78, 5) is 45.6. The maximum atomic E-state index is 4.77. The lowest BCUT2D eigenvalue weighted by Crippen LogP contribution is -2.12. The number of rotatable bonds is 23. The molecular formula is C137H118N10. The smallest absolute Gasteiger partial charge is 0.0731 e. The van der Waals surface area contributed by atoms with E-state index < -0.39 is 0 Å². The van der Waals surface area contributed by atoms with Crippen molar-refractivity contribution in [2.75, 3.05) is 0 Å². The van der Waals surface area contributed by atoms with Crippen LogP contribution in [0, 0.1) is 27.7 Å². The fraction of sp³-hybridized carbons (Fsp3) is 0.109.